The highest BCUT2D eigenvalue weighted by atomic mass is 32.2. The van der Waals surface area contributed by atoms with Crippen molar-refractivity contribution < 1.29 is 54.1 Å². The lowest BCUT2D eigenvalue weighted by molar-refractivity contribution is 0.0744. The third-order valence-corrected chi connectivity index (χ3v) is 10.7. The second kappa shape index (κ2) is 17.0. The lowest BCUT2D eigenvalue weighted by Gasteiger charge is -2.24. The fourth-order valence-corrected chi connectivity index (χ4v) is 7.13. The van der Waals surface area contributed by atoms with Crippen LogP contribution in [0.15, 0.2) is 67.4 Å². The van der Waals surface area contributed by atoms with Crippen LogP contribution in [0.5, 0.6) is 11.5 Å². The molecule has 0 unspecified atom stereocenters. The molecular weight excluding hydrogens is 683 g/mol. The minimum Gasteiger partial charge on any atom is -0.525 e. The second-order valence-corrected chi connectivity index (χ2v) is 14.1. The zero-order chi connectivity index (χ0) is 35.6. The highest BCUT2D eigenvalue weighted by molar-refractivity contribution is 7.93. The number of aromatic nitrogens is 2. The van der Waals surface area contributed by atoms with E-state index in [1.807, 2.05) is 0 Å². The predicted molar refractivity (Wildman–Crippen MR) is 177 cm³/mol. The molecule has 4 aromatic rings. The Kier molecular flexibility index (Phi) is 13.1. The summed E-state index contributed by atoms with van der Waals surface area (Å²) < 4.78 is 101. The van der Waals surface area contributed by atoms with Gasteiger partial charge >= 0.3 is 7.69 Å². The average molecular weight is 722 g/mol. The molecule has 2 heterocycles. The van der Waals surface area contributed by atoms with Gasteiger partial charge in [-0.05, 0) is 52.0 Å². The van der Waals surface area contributed by atoms with Gasteiger partial charge in [-0.2, -0.15) is 0 Å². The first-order valence-electron chi connectivity index (χ1n) is 14.8. The van der Waals surface area contributed by atoms with Gasteiger partial charge in [-0.25, -0.2) is 25.4 Å². The van der Waals surface area contributed by atoms with Gasteiger partial charge in [-0.3, -0.25) is 0 Å². The van der Waals surface area contributed by atoms with Crippen LogP contribution in [0.1, 0.15) is 22.5 Å². The molecular formula is C30H38BN4O12S2. The van der Waals surface area contributed by atoms with Crippen molar-refractivity contribution >= 4 is 39.5 Å². The first-order valence-corrected chi connectivity index (χ1v) is 17.7. The summed E-state index contributed by atoms with van der Waals surface area (Å²) >= 11 is 0. The van der Waals surface area contributed by atoms with E-state index in [2.05, 4.69) is 10.3 Å². The number of sulfonamides is 2. The van der Waals surface area contributed by atoms with E-state index < -0.39 is 33.5 Å². The van der Waals surface area contributed by atoms with Crippen molar-refractivity contribution in [2.24, 2.45) is 0 Å². The Morgan fingerprint density at radius 3 is 1.37 bits per heavy atom. The molecule has 0 bridgehead atoms. The van der Waals surface area contributed by atoms with Gasteiger partial charge in [-0.1, -0.05) is 34.6 Å². The summed E-state index contributed by atoms with van der Waals surface area (Å²) in [5, 5.41) is 7.78. The number of nitrogens with zero attached hydrogens (tertiary/aromatic N) is 4. The second-order valence-electron chi connectivity index (χ2n) is 10.4. The van der Waals surface area contributed by atoms with E-state index in [0.29, 0.717) is 22.5 Å². The zero-order valence-corrected chi connectivity index (χ0v) is 29.6. The van der Waals surface area contributed by atoms with Crippen molar-refractivity contribution in [2.45, 2.75) is 37.5 Å². The van der Waals surface area contributed by atoms with Crippen LogP contribution in [0.25, 0.3) is 0 Å². The minimum atomic E-state index is -4.37. The molecule has 0 aliphatic rings. The van der Waals surface area contributed by atoms with Gasteiger partial charge in [0.05, 0.1) is 37.8 Å². The van der Waals surface area contributed by atoms with E-state index in [1.165, 1.54) is 50.6 Å². The van der Waals surface area contributed by atoms with Crippen molar-refractivity contribution in [3.63, 3.8) is 0 Å². The SMILES string of the molecule is COCCOCN(c1onc(C)c1C)S(=O)(=O)c1ccccc1O[B]Oc1ccccc1S(=O)(=O)N(COCCOC)c1onc(C)c1C. The number of aryl methyl sites for hydroxylation is 2. The van der Waals surface area contributed by atoms with E-state index >= 15 is 0 Å². The van der Waals surface area contributed by atoms with Crippen LogP contribution >= 0.6 is 0 Å². The monoisotopic (exact) mass is 721 g/mol. The number of methoxy groups -OCH3 is 2. The summed E-state index contributed by atoms with van der Waals surface area (Å²) in [4.78, 5) is -0.509. The molecule has 2 aromatic carbocycles. The number of hydrogen-bond acceptors (Lipinski definition) is 14. The smallest absolute Gasteiger partial charge is 0.525 e. The molecule has 4 rings (SSSR count). The highest BCUT2D eigenvalue weighted by Crippen LogP contribution is 2.34. The fourth-order valence-electron chi connectivity index (χ4n) is 4.21. The van der Waals surface area contributed by atoms with Crippen LogP contribution in [0.4, 0.5) is 11.8 Å². The summed E-state index contributed by atoms with van der Waals surface area (Å²) in [5.74, 6) is -0.312. The minimum absolute atomic E-state index is 0.0305. The molecule has 19 heteroatoms. The van der Waals surface area contributed by atoms with E-state index in [-0.39, 0.29) is 59.5 Å². The van der Waals surface area contributed by atoms with E-state index in [4.69, 9.17) is 37.3 Å². The van der Waals surface area contributed by atoms with Gasteiger partial charge in [0.1, 0.15) is 34.8 Å². The molecule has 0 fully saturated rings. The lowest BCUT2D eigenvalue weighted by atomic mass is 10.3. The molecule has 0 aliphatic carbocycles. The third-order valence-electron chi connectivity index (χ3n) is 7.18. The van der Waals surface area contributed by atoms with Gasteiger partial charge in [0.15, 0.2) is 0 Å². The number of para-hydroxylation sites is 2. The Morgan fingerprint density at radius 2 is 1.02 bits per heavy atom. The van der Waals surface area contributed by atoms with Crippen molar-refractivity contribution in [1.82, 2.24) is 10.3 Å². The Bertz CT molecular complexity index is 1760. The number of benzene rings is 2. The van der Waals surface area contributed by atoms with Crippen LogP contribution in [0.3, 0.4) is 0 Å². The van der Waals surface area contributed by atoms with E-state index in [0.717, 1.165) is 16.3 Å². The summed E-state index contributed by atoms with van der Waals surface area (Å²) in [6.07, 6.45) is 0. The quantitative estimate of drug-likeness (QED) is 0.0734. The molecule has 0 amide bonds. The van der Waals surface area contributed by atoms with Crippen LogP contribution in [0, 0.1) is 27.7 Å². The molecule has 16 nitrogen and oxygen atoms in total. The van der Waals surface area contributed by atoms with Crippen molar-refractivity contribution in [1.29, 1.82) is 0 Å². The van der Waals surface area contributed by atoms with Gasteiger partial charge in [-0.15, -0.1) is 0 Å². The number of ether oxygens (including phenoxy) is 4. The Labute approximate surface area is 286 Å². The summed E-state index contributed by atoms with van der Waals surface area (Å²) in [5.41, 5.74) is 2.00. The summed E-state index contributed by atoms with van der Waals surface area (Å²) in [6, 6.07) is 11.6. The van der Waals surface area contributed by atoms with E-state index in [9.17, 15) is 16.8 Å². The van der Waals surface area contributed by atoms with E-state index in [1.54, 1.807) is 39.8 Å². The summed E-state index contributed by atoms with van der Waals surface area (Å²) in [6.45, 7) is 6.60. The maximum absolute atomic E-state index is 14.0. The first kappa shape index (κ1) is 37.7. The van der Waals surface area contributed by atoms with Crippen LogP contribution in [-0.2, 0) is 39.0 Å². The molecule has 1 radical (unpaired) electrons. The fraction of sp³-hybridized carbons (Fsp3) is 0.400. The molecule has 265 valence electrons. The molecule has 49 heavy (non-hydrogen) atoms. The Balaban J connectivity index is 1.59. The standard InChI is InChI=1S/C30H38BN4O12S2/c1-21-23(3)32-46-29(21)34(19-42-17-15-40-5)48(36,37)27-13-9-7-11-25(27)44-31-45-26-12-8-10-14-28(26)49(38,39)35(20-43-18-16-41-6)30-22(2)24(4)33-47-30/h7-14H,15-20H2,1-6H3. The van der Waals surface area contributed by atoms with Crippen molar-refractivity contribution in [3.05, 3.63) is 71.0 Å². The van der Waals surface area contributed by atoms with Gasteiger partial charge in [0.2, 0.25) is 11.8 Å². The Hall–Kier alpha value is -4.14. The van der Waals surface area contributed by atoms with Crippen molar-refractivity contribution in [3.8, 4) is 11.5 Å². The predicted octanol–water partition coefficient (Wildman–Crippen LogP) is 3.52. The van der Waals surface area contributed by atoms with Crippen LogP contribution in [0.2, 0.25) is 0 Å². The van der Waals surface area contributed by atoms with Crippen LogP contribution in [-0.4, -0.2) is 88.9 Å². The van der Waals surface area contributed by atoms with Gasteiger partial charge in [0.25, 0.3) is 20.0 Å². The third kappa shape index (κ3) is 8.73. The zero-order valence-electron chi connectivity index (χ0n) is 27.9. The lowest BCUT2D eigenvalue weighted by Crippen LogP contribution is -2.35. The van der Waals surface area contributed by atoms with Crippen molar-refractivity contribution in [2.75, 3.05) is 62.7 Å². The molecule has 0 saturated carbocycles. The number of anilines is 2. The Morgan fingerprint density at radius 1 is 0.633 bits per heavy atom. The van der Waals surface area contributed by atoms with Gasteiger partial charge in [0, 0.05) is 25.3 Å². The molecule has 0 saturated heterocycles. The molecule has 0 spiro atoms. The maximum atomic E-state index is 14.0. The topological polar surface area (TPSA) is 182 Å². The first-order chi connectivity index (χ1) is 23.4. The number of rotatable bonds is 20. The van der Waals surface area contributed by atoms with Crippen LogP contribution < -0.4 is 17.9 Å². The average Bonchev–Trinajstić information content (AvgIpc) is 3.59. The summed E-state index contributed by atoms with van der Waals surface area (Å²) in [7, 11) is -4.93. The molecule has 2 aromatic heterocycles. The molecule has 0 aliphatic heterocycles. The highest BCUT2D eigenvalue weighted by Gasteiger charge is 2.34. The molecule has 0 N–H and O–H groups in total. The number of hydrogen-bond donors (Lipinski definition) is 0. The largest absolute Gasteiger partial charge is 0.658 e. The maximum Gasteiger partial charge on any atom is 0.658 e. The normalized spacial score (nSPS) is 11.8. The molecule has 0 atom stereocenters. The van der Waals surface area contributed by atoms with Gasteiger partial charge < -0.3 is 37.3 Å².